The number of halogens is 1. The monoisotopic (exact) mass is 529 g/mol. The minimum absolute atomic E-state index is 0.119. The van der Waals surface area contributed by atoms with Crippen LogP contribution in [0.5, 0.6) is 28.7 Å². The van der Waals surface area contributed by atoms with Crippen molar-refractivity contribution in [3.63, 3.8) is 0 Å². The molecule has 0 radical (unpaired) electrons. The lowest BCUT2D eigenvalue weighted by molar-refractivity contribution is -0.152. The van der Waals surface area contributed by atoms with E-state index in [9.17, 15) is 19.1 Å². The summed E-state index contributed by atoms with van der Waals surface area (Å²) in [5.41, 5.74) is 3.53. The van der Waals surface area contributed by atoms with Crippen molar-refractivity contribution in [1.29, 1.82) is 0 Å². The predicted molar refractivity (Wildman–Crippen MR) is 145 cm³/mol. The summed E-state index contributed by atoms with van der Waals surface area (Å²) in [6.07, 6.45) is 0.431. The van der Waals surface area contributed by atoms with Gasteiger partial charge in [-0.3, -0.25) is 4.79 Å². The summed E-state index contributed by atoms with van der Waals surface area (Å²) in [6, 6.07) is 21.6. The van der Waals surface area contributed by atoms with Crippen molar-refractivity contribution in [2.45, 2.75) is 27.2 Å². The van der Waals surface area contributed by atoms with Crippen LogP contribution in [0, 0.1) is 19.7 Å². The van der Waals surface area contributed by atoms with E-state index in [0.29, 0.717) is 40.7 Å². The van der Waals surface area contributed by atoms with Gasteiger partial charge in [-0.2, -0.15) is 0 Å². The maximum absolute atomic E-state index is 13.2. The maximum atomic E-state index is 13.2. The smallest absolute Gasteiger partial charge is 0.397 e. The van der Waals surface area contributed by atoms with Crippen molar-refractivity contribution in [3.8, 4) is 28.7 Å². The Balaban J connectivity index is 1.42. The second kappa shape index (κ2) is 12.1. The number of anilines is 1. The van der Waals surface area contributed by atoms with Gasteiger partial charge in [0.05, 0.1) is 6.61 Å². The molecule has 0 fully saturated rings. The summed E-state index contributed by atoms with van der Waals surface area (Å²) in [4.78, 5) is 23.5. The number of hydrogen-bond donors (Lipinski definition) is 2. The fourth-order valence-corrected chi connectivity index (χ4v) is 3.98. The molecule has 0 saturated carbocycles. The molecule has 200 valence electrons. The lowest BCUT2D eigenvalue weighted by atomic mass is 10.0. The van der Waals surface area contributed by atoms with Gasteiger partial charge in [-0.25, -0.2) is 9.18 Å². The van der Waals surface area contributed by atoms with Gasteiger partial charge in [0, 0.05) is 17.7 Å². The number of phenols is 1. The van der Waals surface area contributed by atoms with Crippen LogP contribution in [0.25, 0.3) is 0 Å². The normalized spacial score (nSPS) is 10.6. The van der Waals surface area contributed by atoms with Crippen LogP contribution in [-0.4, -0.2) is 23.6 Å². The van der Waals surface area contributed by atoms with Gasteiger partial charge in [-0.05, 0) is 104 Å². The summed E-state index contributed by atoms with van der Waals surface area (Å²) in [6.45, 7) is 5.43. The van der Waals surface area contributed by atoms with Crippen molar-refractivity contribution < 1.29 is 33.3 Å². The highest BCUT2D eigenvalue weighted by Gasteiger charge is 2.16. The van der Waals surface area contributed by atoms with E-state index in [1.54, 1.807) is 73.7 Å². The molecule has 4 aromatic rings. The Morgan fingerprint density at radius 1 is 0.821 bits per heavy atom. The maximum Gasteiger partial charge on any atom is 0.397 e. The molecule has 0 atom stereocenters. The van der Waals surface area contributed by atoms with E-state index in [2.05, 4.69) is 5.32 Å². The molecular weight excluding hydrogens is 501 g/mol. The predicted octanol–water partition coefficient (Wildman–Crippen LogP) is 6.83. The number of aryl methyl sites for hydroxylation is 2. The number of carbonyl (C=O) groups is 2. The largest absolute Gasteiger partial charge is 0.508 e. The number of benzene rings is 4. The Kier molecular flexibility index (Phi) is 8.46. The summed E-state index contributed by atoms with van der Waals surface area (Å²) >= 11 is 0. The third-order valence-electron chi connectivity index (χ3n) is 5.82. The fourth-order valence-electron chi connectivity index (χ4n) is 3.98. The minimum Gasteiger partial charge on any atom is -0.508 e. The Bertz CT molecular complexity index is 1460. The number of esters is 1. The summed E-state index contributed by atoms with van der Waals surface area (Å²) in [5.74, 6) is 0.378. The van der Waals surface area contributed by atoms with Crippen LogP contribution in [-0.2, 0) is 20.7 Å². The first kappa shape index (κ1) is 27.2. The highest BCUT2D eigenvalue weighted by Crippen LogP contribution is 2.34. The third-order valence-corrected chi connectivity index (χ3v) is 5.82. The average molecular weight is 530 g/mol. The van der Waals surface area contributed by atoms with Crippen molar-refractivity contribution in [2.24, 2.45) is 0 Å². The van der Waals surface area contributed by atoms with E-state index in [4.69, 9.17) is 14.2 Å². The second-order valence-corrected chi connectivity index (χ2v) is 8.88. The zero-order valence-electron chi connectivity index (χ0n) is 21.8. The van der Waals surface area contributed by atoms with Gasteiger partial charge in [-0.1, -0.05) is 12.1 Å². The van der Waals surface area contributed by atoms with Crippen LogP contribution < -0.4 is 14.8 Å². The number of aromatic hydroxyl groups is 1. The Morgan fingerprint density at radius 3 is 2.03 bits per heavy atom. The molecule has 0 bridgehead atoms. The Morgan fingerprint density at radius 2 is 1.41 bits per heavy atom. The number of carbonyl (C=O) groups excluding carboxylic acids is 2. The highest BCUT2D eigenvalue weighted by atomic mass is 19.1. The van der Waals surface area contributed by atoms with Gasteiger partial charge in [0.15, 0.2) is 0 Å². The third kappa shape index (κ3) is 7.13. The summed E-state index contributed by atoms with van der Waals surface area (Å²) in [5, 5.41) is 12.8. The topological polar surface area (TPSA) is 94.1 Å². The first-order valence-electron chi connectivity index (χ1n) is 12.3. The summed E-state index contributed by atoms with van der Waals surface area (Å²) < 4.78 is 30.0. The molecule has 4 aromatic carbocycles. The second-order valence-electron chi connectivity index (χ2n) is 8.88. The molecule has 0 aliphatic rings. The Labute approximate surface area is 225 Å². The molecule has 0 saturated heterocycles. The van der Waals surface area contributed by atoms with E-state index in [-0.39, 0.29) is 18.2 Å². The lowest BCUT2D eigenvalue weighted by Crippen LogP contribution is -2.25. The molecule has 2 N–H and O–H groups in total. The van der Waals surface area contributed by atoms with E-state index >= 15 is 0 Å². The van der Waals surface area contributed by atoms with Gasteiger partial charge >= 0.3 is 11.9 Å². The van der Waals surface area contributed by atoms with Crippen LogP contribution in [0.2, 0.25) is 0 Å². The van der Waals surface area contributed by atoms with Crippen LogP contribution in [0.4, 0.5) is 10.1 Å². The lowest BCUT2D eigenvalue weighted by Gasteiger charge is -2.15. The molecule has 7 nitrogen and oxygen atoms in total. The molecule has 8 heteroatoms. The average Bonchev–Trinajstić information content (AvgIpc) is 2.90. The molecule has 0 aliphatic heterocycles. The van der Waals surface area contributed by atoms with Crippen LogP contribution in [0.3, 0.4) is 0 Å². The van der Waals surface area contributed by atoms with Crippen molar-refractivity contribution in [2.75, 3.05) is 11.9 Å². The number of ether oxygens (including phenoxy) is 3. The number of rotatable bonds is 8. The molecule has 0 unspecified atom stereocenters. The highest BCUT2D eigenvalue weighted by molar-refractivity contribution is 6.37. The van der Waals surface area contributed by atoms with Gasteiger partial charge in [0.2, 0.25) is 0 Å². The van der Waals surface area contributed by atoms with E-state index in [0.717, 1.165) is 16.7 Å². The minimum atomic E-state index is -0.938. The first-order valence-corrected chi connectivity index (χ1v) is 12.3. The molecule has 0 aromatic heterocycles. The number of phenolic OH excluding ortho intramolecular Hbond substituents is 1. The Hall–Kier alpha value is -4.85. The quantitative estimate of drug-likeness (QED) is 0.192. The van der Waals surface area contributed by atoms with E-state index in [1.807, 2.05) is 13.8 Å². The van der Waals surface area contributed by atoms with Gasteiger partial charge in [0.25, 0.3) is 0 Å². The van der Waals surface area contributed by atoms with Gasteiger partial charge in [0.1, 0.15) is 34.6 Å². The van der Waals surface area contributed by atoms with Gasteiger partial charge in [-0.15, -0.1) is 0 Å². The molecule has 0 heterocycles. The van der Waals surface area contributed by atoms with E-state index < -0.39 is 11.9 Å². The SMILES string of the molecule is CCOC(=O)C(=O)Nc1cc(C)c(Oc2ccc(Oc3ccc(O)c(Cc4ccc(F)cc4)c3)cc2)c(C)c1. The molecular formula is C31H28FNO6. The molecule has 1 amide bonds. The number of hydrogen-bond acceptors (Lipinski definition) is 6. The molecule has 0 aliphatic carbocycles. The van der Waals surface area contributed by atoms with Crippen LogP contribution in [0.15, 0.2) is 78.9 Å². The summed E-state index contributed by atoms with van der Waals surface area (Å²) in [7, 11) is 0. The van der Waals surface area contributed by atoms with Crippen LogP contribution >= 0.6 is 0 Å². The molecule has 39 heavy (non-hydrogen) atoms. The van der Waals surface area contributed by atoms with Crippen molar-refractivity contribution in [1.82, 2.24) is 0 Å². The first-order chi connectivity index (χ1) is 18.7. The van der Waals surface area contributed by atoms with E-state index in [1.165, 1.54) is 12.1 Å². The van der Waals surface area contributed by atoms with Crippen LogP contribution in [0.1, 0.15) is 29.2 Å². The molecule has 4 rings (SSSR count). The number of amides is 1. The molecule has 0 spiro atoms. The standard InChI is InChI=1S/C31H28FNO6/c1-4-37-31(36)30(35)33-24-15-19(2)29(20(3)16-24)39-26-11-9-25(10-12-26)38-27-13-14-28(34)22(18-27)17-21-5-7-23(32)8-6-21/h5-16,18,34H,4,17H2,1-3H3,(H,33,35). The zero-order chi connectivity index (χ0) is 27.9. The zero-order valence-corrected chi connectivity index (χ0v) is 21.8. The van der Waals surface area contributed by atoms with Crippen molar-refractivity contribution in [3.05, 3.63) is 107 Å². The van der Waals surface area contributed by atoms with Gasteiger partial charge < -0.3 is 24.6 Å². The fraction of sp³-hybridized carbons (Fsp3) is 0.161. The number of nitrogens with one attached hydrogen (secondary N) is 1. The van der Waals surface area contributed by atoms with Crippen molar-refractivity contribution >= 4 is 17.6 Å².